The zero-order chi connectivity index (χ0) is 8.44. The summed E-state index contributed by atoms with van der Waals surface area (Å²) in [6.07, 6.45) is 2.32. The highest BCUT2D eigenvalue weighted by molar-refractivity contribution is 5.43. The summed E-state index contributed by atoms with van der Waals surface area (Å²) < 4.78 is 0. The van der Waals surface area contributed by atoms with Crippen LogP contribution >= 0.6 is 0 Å². The Morgan fingerprint density at radius 2 is 1.92 bits per heavy atom. The first-order valence-corrected chi connectivity index (χ1v) is 4.36. The lowest BCUT2D eigenvalue weighted by molar-refractivity contribution is 0.713. The lowest BCUT2D eigenvalue weighted by Crippen LogP contribution is -2.30. The molecule has 0 spiro atoms. The van der Waals surface area contributed by atoms with Gasteiger partial charge in [-0.15, -0.1) is 0 Å². The SMILES string of the molecule is NC1(CNc2ccccc2)CC1. The molecule has 64 valence electrons. The average Bonchev–Trinajstić information content (AvgIpc) is 2.84. The Bertz CT molecular complexity index is 252. The Kier molecular flexibility index (Phi) is 1.77. The fourth-order valence-electron chi connectivity index (χ4n) is 1.17. The van der Waals surface area contributed by atoms with E-state index < -0.39 is 0 Å². The van der Waals surface area contributed by atoms with E-state index in [-0.39, 0.29) is 5.54 Å². The Balaban J connectivity index is 1.88. The molecule has 1 aromatic carbocycles. The second-order valence-corrected chi connectivity index (χ2v) is 3.58. The standard InChI is InChI=1S/C10H14N2/c11-10(6-7-10)8-12-9-4-2-1-3-5-9/h1-5,12H,6-8,11H2. The van der Waals surface area contributed by atoms with Gasteiger partial charge < -0.3 is 11.1 Å². The van der Waals surface area contributed by atoms with Crippen molar-refractivity contribution in [2.24, 2.45) is 5.73 Å². The van der Waals surface area contributed by atoms with Gasteiger partial charge in [0.1, 0.15) is 0 Å². The highest BCUT2D eigenvalue weighted by Crippen LogP contribution is 2.31. The molecule has 2 heteroatoms. The molecule has 1 saturated carbocycles. The van der Waals surface area contributed by atoms with Crippen LogP contribution in [0, 0.1) is 0 Å². The van der Waals surface area contributed by atoms with Gasteiger partial charge in [-0.1, -0.05) is 18.2 Å². The van der Waals surface area contributed by atoms with Gasteiger partial charge >= 0.3 is 0 Å². The van der Waals surface area contributed by atoms with E-state index in [2.05, 4.69) is 17.4 Å². The van der Waals surface area contributed by atoms with E-state index in [1.807, 2.05) is 18.2 Å². The summed E-state index contributed by atoms with van der Waals surface area (Å²) in [5.41, 5.74) is 7.19. The van der Waals surface area contributed by atoms with Crippen LogP contribution in [0.25, 0.3) is 0 Å². The molecule has 0 bridgehead atoms. The molecular weight excluding hydrogens is 148 g/mol. The largest absolute Gasteiger partial charge is 0.383 e. The molecular formula is C10H14N2. The number of nitrogens with two attached hydrogens (primary N) is 1. The number of nitrogens with one attached hydrogen (secondary N) is 1. The minimum atomic E-state index is 0.0931. The van der Waals surface area contributed by atoms with Crippen LogP contribution in [-0.4, -0.2) is 12.1 Å². The minimum Gasteiger partial charge on any atom is -0.383 e. The van der Waals surface area contributed by atoms with Crippen molar-refractivity contribution < 1.29 is 0 Å². The number of hydrogen-bond donors (Lipinski definition) is 2. The molecule has 0 amide bonds. The topological polar surface area (TPSA) is 38.0 Å². The second kappa shape index (κ2) is 2.79. The Morgan fingerprint density at radius 1 is 1.25 bits per heavy atom. The van der Waals surface area contributed by atoms with Crippen LogP contribution in [-0.2, 0) is 0 Å². The van der Waals surface area contributed by atoms with E-state index in [1.54, 1.807) is 0 Å². The average molecular weight is 162 g/mol. The summed E-state index contributed by atoms with van der Waals surface area (Å²) in [4.78, 5) is 0. The molecule has 0 atom stereocenters. The number of para-hydroxylation sites is 1. The van der Waals surface area contributed by atoms with Crippen molar-refractivity contribution in [3.05, 3.63) is 30.3 Å². The van der Waals surface area contributed by atoms with E-state index in [0.717, 1.165) is 25.1 Å². The zero-order valence-corrected chi connectivity index (χ0v) is 7.09. The van der Waals surface area contributed by atoms with Crippen molar-refractivity contribution in [1.82, 2.24) is 0 Å². The van der Waals surface area contributed by atoms with Crippen molar-refractivity contribution in [3.8, 4) is 0 Å². The van der Waals surface area contributed by atoms with Crippen LogP contribution in [0.2, 0.25) is 0 Å². The maximum absolute atomic E-state index is 5.93. The van der Waals surface area contributed by atoms with Gasteiger partial charge in [-0.3, -0.25) is 0 Å². The van der Waals surface area contributed by atoms with E-state index in [4.69, 9.17) is 5.73 Å². The first-order valence-electron chi connectivity index (χ1n) is 4.36. The van der Waals surface area contributed by atoms with E-state index in [0.29, 0.717) is 0 Å². The maximum atomic E-state index is 5.93. The number of rotatable bonds is 3. The first-order chi connectivity index (χ1) is 5.79. The van der Waals surface area contributed by atoms with Crippen molar-refractivity contribution in [1.29, 1.82) is 0 Å². The van der Waals surface area contributed by atoms with Gasteiger partial charge in [0.05, 0.1) is 0 Å². The van der Waals surface area contributed by atoms with E-state index in [9.17, 15) is 0 Å². The molecule has 0 unspecified atom stereocenters. The van der Waals surface area contributed by atoms with Crippen molar-refractivity contribution in [2.45, 2.75) is 18.4 Å². The van der Waals surface area contributed by atoms with Gasteiger partial charge in [0.15, 0.2) is 0 Å². The predicted octanol–water partition coefficient (Wildman–Crippen LogP) is 1.59. The zero-order valence-electron chi connectivity index (χ0n) is 7.09. The predicted molar refractivity (Wildman–Crippen MR) is 51.1 cm³/mol. The molecule has 0 radical (unpaired) electrons. The lowest BCUT2D eigenvalue weighted by atomic mass is 10.2. The van der Waals surface area contributed by atoms with Crippen LogP contribution in [0.5, 0.6) is 0 Å². The quantitative estimate of drug-likeness (QED) is 0.708. The first kappa shape index (κ1) is 7.62. The summed E-state index contributed by atoms with van der Waals surface area (Å²) in [6, 6.07) is 10.2. The molecule has 1 aromatic rings. The third-order valence-corrected chi connectivity index (χ3v) is 2.31. The maximum Gasteiger partial charge on any atom is 0.0340 e. The number of benzene rings is 1. The second-order valence-electron chi connectivity index (χ2n) is 3.58. The highest BCUT2D eigenvalue weighted by atomic mass is 15.0. The number of hydrogen-bond acceptors (Lipinski definition) is 2. The third-order valence-electron chi connectivity index (χ3n) is 2.31. The van der Waals surface area contributed by atoms with Gasteiger partial charge in [0.25, 0.3) is 0 Å². The summed E-state index contributed by atoms with van der Waals surface area (Å²) in [7, 11) is 0. The van der Waals surface area contributed by atoms with Gasteiger partial charge in [0.2, 0.25) is 0 Å². The molecule has 2 rings (SSSR count). The van der Waals surface area contributed by atoms with Crippen LogP contribution in [0.1, 0.15) is 12.8 Å². The normalized spacial score (nSPS) is 18.8. The summed E-state index contributed by atoms with van der Waals surface area (Å²) >= 11 is 0. The van der Waals surface area contributed by atoms with Crippen molar-refractivity contribution >= 4 is 5.69 Å². The highest BCUT2D eigenvalue weighted by Gasteiger charge is 2.37. The molecule has 0 saturated heterocycles. The molecule has 1 aliphatic carbocycles. The summed E-state index contributed by atoms with van der Waals surface area (Å²) in [5, 5.41) is 3.32. The smallest absolute Gasteiger partial charge is 0.0340 e. The Morgan fingerprint density at radius 3 is 2.50 bits per heavy atom. The molecule has 1 aliphatic rings. The third kappa shape index (κ3) is 1.77. The Labute approximate surface area is 72.8 Å². The Hall–Kier alpha value is -1.02. The molecule has 3 N–H and O–H groups in total. The van der Waals surface area contributed by atoms with Crippen molar-refractivity contribution in [2.75, 3.05) is 11.9 Å². The molecule has 0 aliphatic heterocycles. The van der Waals surface area contributed by atoms with Crippen molar-refractivity contribution in [3.63, 3.8) is 0 Å². The molecule has 0 aromatic heterocycles. The molecule has 0 heterocycles. The van der Waals surface area contributed by atoms with Crippen LogP contribution < -0.4 is 11.1 Å². The van der Waals surface area contributed by atoms with Gasteiger partial charge in [-0.05, 0) is 25.0 Å². The van der Waals surface area contributed by atoms with Crippen LogP contribution in [0.15, 0.2) is 30.3 Å². The fraction of sp³-hybridized carbons (Fsp3) is 0.400. The van der Waals surface area contributed by atoms with E-state index >= 15 is 0 Å². The fourth-order valence-corrected chi connectivity index (χ4v) is 1.17. The molecule has 1 fully saturated rings. The molecule has 12 heavy (non-hydrogen) atoms. The molecule has 2 nitrogen and oxygen atoms in total. The minimum absolute atomic E-state index is 0.0931. The van der Waals surface area contributed by atoms with Gasteiger partial charge in [-0.25, -0.2) is 0 Å². The lowest BCUT2D eigenvalue weighted by Gasteiger charge is -2.10. The van der Waals surface area contributed by atoms with Crippen LogP contribution in [0.3, 0.4) is 0 Å². The monoisotopic (exact) mass is 162 g/mol. The number of anilines is 1. The van der Waals surface area contributed by atoms with E-state index in [1.165, 1.54) is 0 Å². The van der Waals surface area contributed by atoms with Gasteiger partial charge in [-0.2, -0.15) is 0 Å². The summed E-state index contributed by atoms with van der Waals surface area (Å²) in [6.45, 7) is 0.900. The van der Waals surface area contributed by atoms with Crippen LogP contribution in [0.4, 0.5) is 5.69 Å². The van der Waals surface area contributed by atoms with Gasteiger partial charge in [0, 0.05) is 17.8 Å². The summed E-state index contributed by atoms with van der Waals surface area (Å²) in [5.74, 6) is 0.